The highest BCUT2D eigenvalue weighted by Crippen LogP contribution is 2.24. The molecule has 0 bridgehead atoms. The monoisotopic (exact) mass is 261 g/mol. The Labute approximate surface area is 102 Å². The van der Waals surface area contributed by atoms with Gasteiger partial charge in [0.2, 0.25) is 0 Å². The molecule has 1 aromatic heterocycles. The summed E-state index contributed by atoms with van der Waals surface area (Å²) in [6.07, 6.45) is 1.93. The normalized spacial score (nSPS) is 13.9. The Morgan fingerprint density at radius 1 is 1.44 bits per heavy atom. The third-order valence-corrected chi connectivity index (χ3v) is 4.36. The largest absolute Gasteiger partial charge is 0.310 e. The molecule has 0 saturated heterocycles. The van der Waals surface area contributed by atoms with Gasteiger partial charge in [-0.3, -0.25) is 0 Å². The Kier molecular flexibility index (Phi) is 4.95. The Bertz CT molecular complexity index is 423. The molecule has 1 N–H and O–H groups in total. The molecule has 1 heterocycles. The maximum absolute atomic E-state index is 11.2. The van der Waals surface area contributed by atoms with E-state index in [1.807, 2.05) is 6.92 Å². The summed E-state index contributed by atoms with van der Waals surface area (Å²) in [6, 6.07) is 0.158. The van der Waals surface area contributed by atoms with Crippen molar-refractivity contribution >= 4 is 21.2 Å². The molecular weight excluding hydrogens is 242 g/mol. The van der Waals surface area contributed by atoms with Crippen molar-refractivity contribution in [3.8, 4) is 0 Å². The third kappa shape index (κ3) is 4.23. The molecule has 0 saturated carbocycles. The molecule has 0 amide bonds. The first-order chi connectivity index (χ1) is 7.44. The van der Waals surface area contributed by atoms with Gasteiger partial charge in [-0.2, -0.15) is 11.3 Å². The van der Waals surface area contributed by atoms with Crippen LogP contribution < -0.4 is 5.32 Å². The van der Waals surface area contributed by atoms with Crippen LogP contribution in [-0.2, 0) is 9.84 Å². The van der Waals surface area contributed by atoms with Crippen molar-refractivity contribution in [1.82, 2.24) is 5.32 Å². The molecular formula is C11H19NO2S2. The lowest BCUT2D eigenvalue weighted by Gasteiger charge is -2.17. The summed E-state index contributed by atoms with van der Waals surface area (Å²) in [6.45, 7) is 4.95. The topological polar surface area (TPSA) is 46.2 Å². The number of sulfone groups is 1. The molecule has 0 aliphatic carbocycles. The quantitative estimate of drug-likeness (QED) is 0.853. The van der Waals surface area contributed by atoms with Gasteiger partial charge < -0.3 is 5.32 Å². The number of rotatable bonds is 6. The maximum Gasteiger partial charge on any atom is 0.147 e. The van der Waals surface area contributed by atoms with Crippen LogP contribution in [0, 0.1) is 6.92 Å². The predicted octanol–water partition coefficient (Wildman–Crippen LogP) is 2.14. The van der Waals surface area contributed by atoms with Crippen molar-refractivity contribution in [3.63, 3.8) is 0 Å². The molecule has 5 heteroatoms. The Morgan fingerprint density at radius 3 is 2.56 bits per heavy atom. The number of thiophene rings is 1. The molecule has 0 aromatic carbocycles. The van der Waals surface area contributed by atoms with E-state index in [9.17, 15) is 8.42 Å². The van der Waals surface area contributed by atoms with Crippen LogP contribution in [0.5, 0.6) is 0 Å². The molecule has 0 aliphatic heterocycles. The van der Waals surface area contributed by atoms with Crippen LogP contribution in [0.2, 0.25) is 0 Å². The Balaban J connectivity index is 2.72. The number of hydrogen-bond donors (Lipinski definition) is 1. The predicted molar refractivity (Wildman–Crippen MR) is 69.8 cm³/mol. The van der Waals surface area contributed by atoms with Gasteiger partial charge >= 0.3 is 0 Å². The first-order valence-electron chi connectivity index (χ1n) is 5.38. The van der Waals surface area contributed by atoms with Gasteiger partial charge in [0.15, 0.2) is 0 Å². The summed E-state index contributed by atoms with van der Waals surface area (Å²) in [5.41, 5.74) is 2.47. The third-order valence-electron chi connectivity index (χ3n) is 2.50. The van der Waals surface area contributed by atoms with Crippen molar-refractivity contribution in [2.75, 3.05) is 18.6 Å². The lowest BCUT2D eigenvalue weighted by Crippen LogP contribution is -2.23. The second-order valence-corrected chi connectivity index (χ2v) is 7.04. The van der Waals surface area contributed by atoms with Gasteiger partial charge in [0.05, 0.1) is 5.75 Å². The minimum absolute atomic E-state index is 0.158. The first-order valence-corrected chi connectivity index (χ1v) is 8.38. The Morgan fingerprint density at radius 2 is 2.12 bits per heavy atom. The molecule has 16 heavy (non-hydrogen) atoms. The molecule has 3 nitrogen and oxygen atoms in total. The smallest absolute Gasteiger partial charge is 0.147 e. The molecule has 1 rings (SSSR count). The van der Waals surface area contributed by atoms with Gasteiger partial charge in [0.1, 0.15) is 9.84 Å². The maximum atomic E-state index is 11.2. The number of nitrogens with one attached hydrogen (secondary N) is 1. The summed E-state index contributed by atoms with van der Waals surface area (Å²) in [5, 5.41) is 7.54. The van der Waals surface area contributed by atoms with Crippen LogP contribution in [0.25, 0.3) is 0 Å². The van der Waals surface area contributed by atoms with Crippen LogP contribution in [0.4, 0.5) is 0 Å². The second-order valence-electron chi connectivity index (χ2n) is 4.04. The minimum Gasteiger partial charge on any atom is -0.310 e. The van der Waals surface area contributed by atoms with Crippen molar-refractivity contribution in [2.24, 2.45) is 0 Å². The highest BCUT2D eigenvalue weighted by molar-refractivity contribution is 7.90. The molecule has 0 radical (unpaired) electrons. The van der Waals surface area contributed by atoms with E-state index in [4.69, 9.17) is 0 Å². The van der Waals surface area contributed by atoms with Gasteiger partial charge in [-0.25, -0.2) is 8.42 Å². The Hall–Kier alpha value is -0.390. The molecule has 1 aromatic rings. The van der Waals surface area contributed by atoms with Crippen LogP contribution in [0.15, 0.2) is 10.8 Å². The fourth-order valence-corrected chi connectivity index (χ4v) is 3.24. The van der Waals surface area contributed by atoms with Crippen LogP contribution >= 0.6 is 11.3 Å². The second kappa shape index (κ2) is 5.80. The minimum atomic E-state index is -2.88. The molecule has 1 unspecified atom stereocenters. The fourth-order valence-electron chi connectivity index (χ4n) is 1.67. The zero-order chi connectivity index (χ0) is 12.2. The van der Waals surface area contributed by atoms with E-state index < -0.39 is 9.84 Å². The van der Waals surface area contributed by atoms with Crippen molar-refractivity contribution < 1.29 is 8.42 Å². The number of hydrogen-bond acceptors (Lipinski definition) is 4. The summed E-state index contributed by atoms with van der Waals surface area (Å²) < 4.78 is 22.3. The molecule has 1 atom stereocenters. The van der Waals surface area contributed by atoms with Crippen molar-refractivity contribution in [2.45, 2.75) is 26.3 Å². The van der Waals surface area contributed by atoms with E-state index in [1.165, 1.54) is 17.4 Å². The summed E-state index contributed by atoms with van der Waals surface area (Å²) >= 11 is 1.66. The molecule has 0 spiro atoms. The van der Waals surface area contributed by atoms with E-state index in [-0.39, 0.29) is 11.8 Å². The lowest BCUT2D eigenvalue weighted by atomic mass is 10.0. The van der Waals surface area contributed by atoms with Crippen LogP contribution in [0.1, 0.15) is 30.5 Å². The highest BCUT2D eigenvalue weighted by Gasteiger charge is 2.15. The van der Waals surface area contributed by atoms with Crippen molar-refractivity contribution in [1.29, 1.82) is 0 Å². The lowest BCUT2D eigenvalue weighted by molar-refractivity contribution is 0.529. The molecule has 92 valence electrons. The molecule has 0 fully saturated rings. The fraction of sp³-hybridized carbons (Fsp3) is 0.636. The van der Waals surface area contributed by atoms with Gasteiger partial charge in [-0.1, -0.05) is 6.92 Å². The average Bonchev–Trinajstić information content (AvgIpc) is 2.57. The van der Waals surface area contributed by atoms with E-state index in [1.54, 1.807) is 11.3 Å². The van der Waals surface area contributed by atoms with Gasteiger partial charge in [0, 0.05) is 12.3 Å². The number of aryl methyl sites for hydroxylation is 1. The van der Waals surface area contributed by atoms with E-state index in [0.29, 0.717) is 6.42 Å². The van der Waals surface area contributed by atoms with Crippen molar-refractivity contribution in [3.05, 3.63) is 21.9 Å². The van der Waals surface area contributed by atoms with Gasteiger partial charge in [-0.15, -0.1) is 0 Å². The SMILES string of the molecule is CCNC(CCS(C)(=O)=O)c1cscc1C. The van der Waals surface area contributed by atoms with E-state index >= 15 is 0 Å². The average molecular weight is 261 g/mol. The summed E-state index contributed by atoms with van der Waals surface area (Å²) in [5.74, 6) is 0.236. The highest BCUT2D eigenvalue weighted by atomic mass is 32.2. The van der Waals surface area contributed by atoms with E-state index in [0.717, 1.165) is 6.54 Å². The van der Waals surface area contributed by atoms with Crippen LogP contribution in [-0.4, -0.2) is 27.0 Å². The molecule has 0 aliphatic rings. The summed E-state index contributed by atoms with van der Waals surface area (Å²) in [4.78, 5) is 0. The first kappa shape index (κ1) is 13.7. The van der Waals surface area contributed by atoms with E-state index in [2.05, 4.69) is 23.0 Å². The standard InChI is InChI=1S/C11H19NO2S2/c1-4-12-11(5-6-16(3,13)14)10-8-15-7-9(10)2/h7-8,11-12H,4-6H2,1-3H3. The summed E-state index contributed by atoms with van der Waals surface area (Å²) in [7, 11) is -2.88. The zero-order valence-electron chi connectivity index (χ0n) is 9.99. The van der Waals surface area contributed by atoms with Gasteiger partial charge in [-0.05, 0) is 41.8 Å². The zero-order valence-corrected chi connectivity index (χ0v) is 11.6. The van der Waals surface area contributed by atoms with Crippen LogP contribution in [0.3, 0.4) is 0 Å². The van der Waals surface area contributed by atoms with Gasteiger partial charge in [0.25, 0.3) is 0 Å².